The minimum Gasteiger partial charge on any atom is -0.481 e. The number of hydrogen-bond acceptors (Lipinski definition) is 4. The SMILES string of the molecule is Cc1cc(Cl)ccc1O[C@H](C)C(=O)NNC(=O)[C@H]1[C@H]2CC[C@@H](C2)[C@@H]1C(=O)O. The van der Waals surface area contributed by atoms with E-state index in [4.69, 9.17) is 16.3 Å². The van der Waals surface area contributed by atoms with Crippen LogP contribution in [0.25, 0.3) is 0 Å². The third-order valence-corrected chi connectivity index (χ3v) is 5.86. The van der Waals surface area contributed by atoms with Gasteiger partial charge >= 0.3 is 5.97 Å². The van der Waals surface area contributed by atoms with Crippen molar-refractivity contribution >= 4 is 29.4 Å². The van der Waals surface area contributed by atoms with Crippen LogP contribution in [0.3, 0.4) is 0 Å². The molecule has 0 heterocycles. The summed E-state index contributed by atoms with van der Waals surface area (Å²) in [5.74, 6) is -2.55. The maximum atomic E-state index is 12.5. The Hall–Kier alpha value is -2.28. The second-order valence-electron chi connectivity index (χ2n) is 7.37. The molecule has 0 spiro atoms. The van der Waals surface area contributed by atoms with Gasteiger partial charge in [0.1, 0.15) is 5.75 Å². The highest BCUT2D eigenvalue weighted by Crippen LogP contribution is 2.52. The molecule has 2 aliphatic rings. The third kappa shape index (κ3) is 4.03. The van der Waals surface area contributed by atoms with E-state index in [1.807, 2.05) is 6.92 Å². The largest absolute Gasteiger partial charge is 0.481 e. The molecule has 2 bridgehead atoms. The summed E-state index contributed by atoms with van der Waals surface area (Å²) in [6, 6.07) is 5.06. The van der Waals surface area contributed by atoms with Crippen LogP contribution in [-0.2, 0) is 14.4 Å². The van der Waals surface area contributed by atoms with Crippen molar-refractivity contribution in [2.75, 3.05) is 0 Å². The van der Waals surface area contributed by atoms with Gasteiger partial charge in [0.25, 0.3) is 5.91 Å². The van der Waals surface area contributed by atoms with E-state index in [2.05, 4.69) is 10.9 Å². The van der Waals surface area contributed by atoms with Crippen molar-refractivity contribution in [2.24, 2.45) is 23.7 Å². The Labute approximate surface area is 162 Å². The molecule has 0 unspecified atom stereocenters. The molecule has 0 radical (unpaired) electrons. The van der Waals surface area contributed by atoms with Crippen LogP contribution in [0.4, 0.5) is 0 Å². The van der Waals surface area contributed by atoms with E-state index in [0.717, 1.165) is 24.8 Å². The number of hydrogen-bond donors (Lipinski definition) is 3. The van der Waals surface area contributed by atoms with Crippen molar-refractivity contribution in [3.05, 3.63) is 28.8 Å². The molecule has 2 saturated carbocycles. The van der Waals surface area contributed by atoms with Gasteiger partial charge < -0.3 is 9.84 Å². The topological polar surface area (TPSA) is 105 Å². The smallest absolute Gasteiger partial charge is 0.307 e. The highest BCUT2D eigenvalue weighted by molar-refractivity contribution is 6.30. The number of amides is 2. The van der Waals surface area contributed by atoms with Crippen LogP contribution < -0.4 is 15.6 Å². The molecule has 27 heavy (non-hydrogen) atoms. The Morgan fingerprint density at radius 1 is 1.19 bits per heavy atom. The van der Waals surface area contributed by atoms with Crippen molar-refractivity contribution in [3.8, 4) is 5.75 Å². The van der Waals surface area contributed by atoms with E-state index in [1.54, 1.807) is 25.1 Å². The van der Waals surface area contributed by atoms with E-state index < -0.39 is 35.7 Å². The molecule has 3 N–H and O–H groups in total. The van der Waals surface area contributed by atoms with Crippen molar-refractivity contribution in [1.29, 1.82) is 0 Å². The van der Waals surface area contributed by atoms with Gasteiger partial charge in [-0.1, -0.05) is 11.6 Å². The number of nitrogens with one attached hydrogen (secondary N) is 2. The summed E-state index contributed by atoms with van der Waals surface area (Å²) in [7, 11) is 0. The number of aliphatic carboxylic acids is 1. The van der Waals surface area contributed by atoms with Crippen LogP contribution in [-0.4, -0.2) is 29.0 Å². The van der Waals surface area contributed by atoms with Gasteiger partial charge in [0.05, 0.1) is 11.8 Å². The molecule has 0 aliphatic heterocycles. The average molecular weight is 395 g/mol. The summed E-state index contributed by atoms with van der Waals surface area (Å²) in [6.07, 6.45) is 1.62. The van der Waals surface area contributed by atoms with Crippen LogP contribution in [0.5, 0.6) is 5.75 Å². The predicted octanol–water partition coefficient (Wildman–Crippen LogP) is 2.31. The minimum atomic E-state index is -0.941. The van der Waals surface area contributed by atoms with Crippen molar-refractivity contribution in [3.63, 3.8) is 0 Å². The van der Waals surface area contributed by atoms with Crippen molar-refractivity contribution in [2.45, 2.75) is 39.2 Å². The number of carboxylic acids is 1. The first kappa shape index (κ1) is 19.5. The maximum Gasteiger partial charge on any atom is 0.307 e. The number of hydrazine groups is 1. The lowest BCUT2D eigenvalue weighted by Gasteiger charge is -2.27. The molecular weight excluding hydrogens is 372 g/mol. The lowest BCUT2D eigenvalue weighted by atomic mass is 9.79. The minimum absolute atomic E-state index is 0.0501. The Kier molecular flexibility index (Phi) is 5.60. The second-order valence-corrected chi connectivity index (χ2v) is 7.81. The normalized spacial score (nSPS) is 27.1. The van der Waals surface area contributed by atoms with E-state index >= 15 is 0 Å². The number of benzene rings is 1. The number of rotatable bonds is 5. The van der Waals surface area contributed by atoms with E-state index in [-0.39, 0.29) is 11.8 Å². The number of halogens is 1. The van der Waals surface area contributed by atoms with Crippen LogP contribution in [0.2, 0.25) is 5.02 Å². The van der Waals surface area contributed by atoms with Gasteiger partial charge in [-0.3, -0.25) is 25.2 Å². The molecule has 2 amide bonds. The number of carbonyl (C=O) groups is 3. The molecule has 3 rings (SSSR count). The van der Waals surface area contributed by atoms with Crippen molar-refractivity contribution in [1.82, 2.24) is 10.9 Å². The first-order chi connectivity index (χ1) is 12.8. The number of aryl methyl sites for hydroxylation is 1. The zero-order valence-corrected chi connectivity index (χ0v) is 16.0. The Bertz CT molecular complexity index is 768. The number of carboxylic acid groups (broad SMARTS) is 1. The molecule has 0 saturated heterocycles. The van der Waals surface area contributed by atoms with E-state index in [0.29, 0.717) is 10.8 Å². The Balaban J connectivity index is 1.55. The standard InChI is InChI=1S/C19H23ClN2O5/c1-9-7-13(20)5-6-14(9)27-10(2)17(23)21-22-18(24)15-11-3-4-12(8-11)16(15)19(25)26/h5-7,10-12,15-16H,3-4,8H2,1-2H3,(H,21,23)(H,22,24)(H,25,26)/t10-,11+,12+,15+,16+/m1/s1. The van der Waals surface area contributed by atoms with Crippen LogP contribution in [0.1, 0.15) is 31.7 Å². The lowest BCUT2D eigenvalue weighted by molar-refractivity contribution is -0.150. The summed E-state index contributed by atoms with van der Waals surface area (Å²) >= 11 is 5.90. The molecule has 7 nitrogen and oxygen atoms in total. The van der Waals surface area contributed by atoms with Gasteiger partial charge in [0, 0.05) is 5.02 Å². The lowest BCUT2D eigenvalue weighted by Crippen LogP contribution is -2.51. The van der Waals surface area contributed by atoms with Gasteiger partial charge in [-0.25, -0.2) is 0 Å². The third-order valence-electron chi connectivity index (χ3n) is 5.62. The molecular formula is C19H23ClN2O5. The molecule has 1 aromatic carbocycles. The summed E-state index contributed by atoms with van der Waals surface area (Å²) in [6.45, 7) is 3.38. The molecule has 2 fully saturated rings. The second kappa shape index (κ2) is 7.76. The predicted molar refractivity (Wildman–Crippen MR) is 98.0 cm³/mol. The van der Waals surface area contributed by atoms with E-state index in [9.17, 15) is 19.5 Å². The van der Waals surface area contributed by atoms with Gasteiger partial charge in [0.2, 0.25) is 5.91 Å². The molecule has 2 aliphatic carbocycles. The number of fused-ring (bicyclic) bond motifs is 2. The summed E-state index contributed by atoms with van der Waals surface area (Å²) < 4.78 is 5.61. The van der Waals surface area contributed by atoms with Gasteiger partial charge in [-0.15, -0.1) is 0 Å². The highest BCUT2D eigenvalue weighted by atomic mass is 35.5. The summed E-state index contributed by atoms with van der Waals surface area (Å²) in [5.41, 5.74) is 5.52. The van der Waals surface area contributed by atoms with Gasteiger partial charge in [0.15, 0.2) is 6.10 Å². The molecule has 146 valence electrons. The first-order valence-electron chi connectivity index (χ1n) is 9.03. The zero-order chi connectivity index (χ0) is 19.7. The van der Waals surface area contributed by atoms with Gasteiger partial charge in [-0.05, 0) is 68.7 Å². The number of ether oxygens (including phenoxy) is 1. The van der Waals surface area contributed by atoms with Crippen LogP contribution >= 0.6 is 11.6 Å². The maximum absolute atomic E-state index is 12.5. The van der Waals surface area contributed by atoms with Gasteiger partial charge in [-0.2, -0.15) is 0 Å². The highest BCUT2D eigenvalue weighted by Gasteiger charge is 2.54. The van der Waals surface area contributed by atoms with E-state index in [1.165, 1.54) is 0 Å². The summed E-state index contributed by atoms with van der Waals surface area (Å²) in [4.78, 5) is 36.2. The molecule has 8 heteroatoms. The molecule has 1 aromatic rings. The molecule has 0 aromatic heterocycles. The monoisotopic (exact) mass is 394 g/mol. The fraction of sp³-hybridized carbons (Fsp3) is 0.526. The summed E-state index contributed by atoms with van der Waals surface area (Å²) in [5, 5.41) is 10.0. The van der Waals surface area contributed by atoms with Crippen molar-refractivity contribution < 1.29 is 24.2 Å². The number of carbonyl (C=O) groups excluding carboxylic acids is 2. The Morgan fingerprint density at radius 2 is 1.85 bits per heavy atom. The fourth-order valence-electron chi connectivity index (χ4n) is 4.32. The Morgan fingerprint density at radius 3 is 2.48 bits per heavy atom. The zero-order valence-electron chi connectivity index (χ0n) is 15.2. The fourth-order valence-corrected chi connectivity index (χ4v) is 4.55. The quantitative estimate of drug-likeness (QED) is 0.665. The molecule has 5 atom stereocenters. The average Bonchev–Trinajstić information content (AvgIpc) is 3.22. The van der Waals surface area contributed by atoms with Crippen LogP contribution in [0.15, 0.2) is 18.2 Å². The first-order valence-corrected chi connectivity index (χ1v) is 9.41. The van der Waals surface area contributed by atoms with Crippen LogP contribution in [0, 0.1) is 30.6 Å².